The van der Waals surface area contributed by atoms with E-state index in [0.717, 1.165) is 54.9 Å². The van der Waals surface area contributed by atoms with Crippen molar-refractivity contribution in [2.24, 2.45) is 0 Å². The lowest BCUT2D eigenvalue weighted by molar-refractivity contribution is -0.134. The Morgan fingerprint density at radius 2 is 1.67 bits per heavy atom. The summed E-state index contributed by atoms with van der Waals surface area (Å²) in [6, 6.07) is 22.0. The van der Waals surface area contributed by atoms with E-state index in [4.69, 9.17) is 9.47 Å². The maximum Gasteiger partial charge on any atom is 0.260 e. The largest absolute Gasteiger partial charge is 0.484 e. The third-order valence-electron chi connectivity index (χ3n) is 7.32. The second-order valence-electron chi connectivity index (χ2n) is 10.00. The fraction of sp³-hybridized carbons (Fsp3) is 0.387. The molecule has 8 nitrogen and oxygen atoms in total. The van der Waals surface area contributed by atoms with E-state index in [-0.39, 0.29) is 24.5 Å². The Bertz CT molecular complexity index is 1220. The number of pyridine rings is 1. The molecular weight excluding hydrogens is 492 g/mol. The zero-order valence-corrected chi connectivity index (χ0v) is 22.3. The predicted molar refractivity (Wildman–Crippen MR) is 151 cm³/mol. The normalized spacial score (nSPS) is 16.1. The molecule has 0 atom stereocenters. The number of aromatic nitrogens is 1. The van der Waals surface area contributed by atoms with Crippen LogP contribution in [0.25, 0.3) is 11.1 Å². The number of aryl methyl sites for hydroxylation is 1. The summed E-state index contributed by atoms with van der Waals surface area (Å²) >= 11 is 0. The molecule has 0 radical (unpaired) electrons. The van der Waals surface area contributed by atoms with E-state index >= 15 is 0 Å². The monoisotopic (exact) mass is 528 g/mol. The third kappa shape index (κ3) is 7.35. The first-order chi connectivity index (χ1) is 19.2. The maximum atomic E-state index is 12.8. The molecule has 2 aromatic carbocycles. The second kappa shape index (κ2) is 13.2. The van der Waals surface area contributed by atoms with Crippen LogP contribution in [0.4, 0.5) is 5.82 Å². The maximum absolute atomic E-state index is 12.8. The average molecular weight is 529 g/mol. The molecule has 3 heterocycles. The lowest BCUT2D eigenvalue weighted by atomic mass is 10.0. The van der Waals surface area contributed by atoms with E-state index in [0.29, 0.717) is 38.5 Å². The molecule has 2 aliphatic heterocycles. The summed E-state index contributed by atoms with van der Waals surface area (Å²) in [7, 11) is 0. The van der Waals surface area contributed by atoms with Gasteiger partial charge in [-0.15, -0.1) is 0 Å². The van der Waals surface area contributed by atoms with Gasteiger partial charge in [-0.3, -0.25) is 9.59 Å². The molecular formula is C31H36N4O4. The SMILES string of the molecule is O=C(CCc1ccccc1)NC1CCN(C(=O)COc2ccc(-c3cccnc3N3CCOCC3)cc2)CC1. The Labute approximate surface area is 229 Å². The van der Waals surface area contributed by atoms with E-state index in [1.807, 2.05) is 71.8 Å². The number of likely N-dealkylation sites (tertiary alicyclic amines) is 1. The predicted octanol–water partition coefficient (Wildman–Crippen LogP) is 3.70. The molecule has 1 N–H and O–H groups in total. The molecule has 2 aliphatic rings. The van der Waals surface area contributed by atoms with Crippen molar-refractivity contribution in [1.82, 2.24) is 15.2 Å². The number of carbonyl (C=O) groups is 2. The highest BCUT2D eigenvalue weighted by molar-refractivity contribution is 5.79. The molecule has 39 heavy (non-hydrogen) atoms. The average Bonchev–Trinajstić information content (AvgIpc) is 3.00. The molecule has 0 bridgehead atoms. The quantitative estimate of drug-likeness (QED) is 0.456. The summed E-state index contributed by atoms with van der Waals surface area (Å²) in [5, 5.41) is 3.13. The van der Waals surface area contributed by atoms with Gasteiger partial charge in [0.1, 0.15) is 11.6 Å². The van der Waals surface area contributed by atoms with Gasteiger partial charge >= 0.3 is 0 Å². The van der Waals surface area contributed by atoms with E-state index < -0.39 is 0 Å². The Hall–Kier alpha value is -3.91. The fourth-order valence-corrected chi connectivity index (χ4v) is 5.09. The molecule has 0 unspecified atom stereocenters. The summed E-state index contributed by atoms with van der Waals surface area (Å²) in [5.74, 6) is 1.65. The summed E-state index contributed by atoms with van der Waals surface area (Å²) in [6.07, 6.45) is 4.55. The van der Waals surface area contributed by atoms with Gasteiger partial charge in [0.2, 0.25) is 5.91 Å². The number of benzene rings is 2. The Morgan fingerprint density at radius 1 is 0.923 bits per heavy atom. The highest BCUT2D eigenvalue weighted by Crippen LogP contribution is 2.30. The minimum absolute atomic E-state index is 0.000627. The smallest absolute Gasteiger partial charge is 0.260 e. The Morgan fingerprint density at radius 3 is 2.41 bits per heavy atom. The molecule has 3 aromatic rings. The van der Waals surface area contributed by atoms with Gasteiger partial charge in [-0.1, -0.05) is 42.5 Å². The summed E-state index contributed by atoms with van der Waals surface area (Å²) in [6.45, 7) is 4.30. The number of nitrogens with one attached hydrogen (secondary N) is 1. The molecule has 0 spiro atoms. The van der Waals surface area contributed by atoms with Crippen LogP contribution in [0.15, 0.2) is 72.9 Å². The van der Waals surface area contributed by atoms with Crippen molar-refractivity contribution >= 4 is 17.6 Å². The van der Waals surface area contributed by atoms with E-state index in [1.54, 1.807) is 0 Å². The summed E-state index contributed by atoms with van der Waals surface area (Å²) < 4.78 is 11.3. The lowest BCUT2D eigenvalue weighted by Gasteiger charge is -2.32. The number of hydrogen-bond donors (Lipinski definition) is 1. The van der Waals surface area contributed by atoms with Crippen LogP contribution >= 0.6 is 0 Å². The first kappa shape index (κ1) is 26.7. The molecule has 2 saturated heterocycles. The van der Waals surface area contributed by atoms with Crippen molar-refractivity contribution < 1.29 is 19.1 Å². The van der Waals surface area contributed by atoms with Crippen molar-refractivity contribution in [3.05, 3.63) is 78.5 Å². The minimum atomic E-state index is -0.0326. The molecule has 0 saturated carbocycles. The van der Waals surface area contributed by atoms with Gasteiger partial charge in [0.05, 0.1) is 13.2 Å². The number of rotatable bonds is 9. The number of amides is 2. The number of carbonyl (C=O) groups excluding carboxylic acids is 2. The van der Waals surface area contributed by atoms with Gasteiger partial charge in [-0.25, -0.2) is 4.98 Å². The number of hydrogen-bond acceptors (Lipinski definition) is 6. The van der Waals surface area contributed by atoms with Gasteiger partial charge in [0.15, 0.2) is 6.61 Å². The molecule has 2 fully saturated rings. The first-order valence-corrected chi connectivity index (χ1v) is 13.8. The van der Waals surface area contributed by atoms with Crippen molar-refractivity contribution in [2.45, 2.75) is 31.7 Å². The van der Waals surface area contributed by atoms with Crippen molar-refractivity contribution in [3.8, 4) is 16.9 Å². The van der Waals surface area contributed by atoms with Crippen LogP contribution in [0.3, 0.4) is 0 Å². The first-order valence-electron chi connectivity index (χ1n) is 13.8. The zero-order valence-electron chi connectivity index (χ0n) is 22.3. The highest BCUT2D eigenvalue weighted by Gasteiger charge is 2.24. The molecule has 0 aliphatic carbocycles. The fourth-order valence-electron chi connectivity index (χ4n) is 5.09. The van der Waals surface area contributed by atoms with Gasteiger partial charge in [-0.2, -0.15) is 0 Å². The van der Waals surface area contributed by atoms with Crippen molar-refractivity contribution in [1.29, 1.82) is 0 Å². The summed E-state index contributed by atoms with van der Waals surface area (Å²) in [4.78, 5) is 33.8. The van der Waals surface area contributed by atoms with Crippen LogP contribution in [0.5, 0.6) is 5.75 Å². The minimum Gasteiger partial charge on any atom is -0.484 e. The van der Waals surface area contributed by atoms with E-state index in [1.165, 1.54) is 0 Å². The molecule has 8 heteroatoms. The lowest BCUT2D eigenvalue weighted by Crippen LogP contribution is -2.47. The van der Waals surface area contributed by atoms with Crippen molar-refractivity contribution in [2.75, 3.05) is 50.9 Å². The standard InChI is InChI=1S/C31H36N4O4/c36-29(13-8-24-5-2-1-3-6-24)33-26-14-17-34(18-15-26)30(37)23-39-27-11-9-25(10-12-27)28-7-4-16-32-31(28)35-19-21-38-22-20-35/h1-7,9-12,16,26H,8,13-15,17-23H2,(H,33,36). The van der Waals surface area contributed by atoms with Gasteiger partial charge < -0.3 is 24.6 Å². The molecule has 204 valence electrons. The number of anilines is 1. The van der Waals surface area contributed by atoms with E-state index in [9.17, 15) is 9.59 Å². The number of morpholine rings is 1. The topological polar surface area (TPSA) is 84.0 Å². The van der Waals surface area contributed by atoms with Crippen LogP contribution in [-0.4, -0.2) is 73.7 Å². The number of piperidine rings is 1. The number of ether oxygens (including phenoxy) is 2. The van der Waals surface area contributed by atoms with Gasteiger partial charge in [0, 0.05) is 50.4 Å². The Kier molecular flexibility index (Phi) is 9.06. The van der Waals surface area contributed by atoms with Gasteiger partial charge in [-0.05, 0) is 54.7 Å². The van der Waals surface area contributed by atoms with Crippen LogP contribution in [0.2, 0.25) is 0 Å². The van der Waals surface area contributed by atoms with Crippen LogP contribution in [0.1, 0.15) is 24.8 Å². The summed E-state index contributed by atoms with van der Waals surface area (Å²) in [5.41, 5.74) is 3.28. The Balaban J connectivity index is 1.06. The third-order valence-corrected chi connectivity index (χ3v) is 7.32. The van der Waals surface area contributed by atoms with Crippen molar-refractivity contribution in [3.63, 3.8) is 0 Å². The molecule has 1 aromatic heterocycles. The van der Waals surface area contributed by atoms with Crippen LogP contribution in [0, 0.1) is 0 Å². The molecule has 2 amide bonds. The zero-order chi connectivity index (χ0) is 26.9. The van der Waals surface area contributed by atoms with Crippen LogP contribution < -0.4 is 15.0 Å². The molecule has 5 rings (SSSR count). The van der Waals surface area contributed by atoms with E-state index in [2.05, 4.69) is 21.3 Å². The highest BCUT2D eigenvalue weighted by atomic mass is 16.5. The van der Waals surface area contributed by atoms with Gasteiger partial charge in [0.25, 0.3) is 5.91 Å². The number of nitrogens with zero attached hydrogens (tertiary/aromatic N) is 3. The second-order valence-corrected chi connectivity index (χ2v) is 10.00. The van der Waals surface area contributed by atoms with Crippen LogP contribution in [-0.2, 0) is 20.7 Å².